The summed E-state index contributed by atoms with van der Waals surface area (Å²) in [6.07, 6.45) is 0.501. The molecule has 2 aromatic rings. The minimum Gasteiger partial charge on any atom is -0.454 e. The van der Waals surface area contributed by atoms with Gasteiger partial charge in [0.05, 0.1) is 6.04 Å². The zero-order valence-corrected chi connectivity index (χ0v) is 14.5. The molecule has 2 aliphatic rings. The minimum atomic E-state index is -0.661. The van der Waals surface area contributed by atoms with E-state index in [2.05, 4.69) is 5.32 Å². The van der Waals surface area contributed by atoms with E-state index < -0.39 is 5.92 Å². The Hall–Kier alpha value is -3.02. The van der Waals surface area contributed by atoms with Crippen LogP contribution in [0.4, 0.5) is 5.69 Å². The van der Waals surface area contributed by atoms with Gasteiger partial charge in [-0.3, -0.25) is 9.59 Å². The van der Waals surface area contributed by atoms with Gasteiger partial charge < -0.3 is 19.7 Å². The number of benzene rings is 2. The zero-order valence-electron chi connectivity index (χ0n) is 14.5. The van der Waals surface area contributed by atoms with E-state index in [9.17, 15) is 9.59 Å². The van der Waals surface area contributed by atoms with Crippen molar-refractivity contribution in [1.82, 2.24) is 5.32 Å². The van der Waals surface area contributed by atoms with Crippen LogP contribution in [0.15, 0.2) is 48.5 Å². The summed E-state index contributed by atoms with van der Waals surface area (Å²) in [4.78, 5) is 27.0. The lowest BCUT2D eigenvalue weighted by molar-refractivity contribution is -0.132. The van der Waals surface area contributed by atoms with E-state index in [0.29, 0.717) is 24.5 Å². The molecule has 2 atom stereocenters. The summed E-state index contributed by atoms with van der Waals surface area (Å²) in [5, 5.41) is 2.95. The Morgan fingerprint density at radius 2 is 1.92 bits per heavy atom. The van der Waals surface area contributed by atoms with E-state index in [1.54, 1.807) is 17.0 Å². The van der Waals surface area contributed by atoms with Gasteiger partial charge in [0, 0.05) is 18.3 Å². The highest BCUT2D eigenvalue weighted by atomic mass is 16.7. The summed E-state index contributed by atoms with van der Waals surface area (Å²) in [6.45, 7) is 2.62. The molecule has 6 nitrogen and oxygen atoms in total. The van der Waals surface area contributed by atoms with Crippen LogP contribution in [0.5, 0.6) is 11.5 Å². The second kappa shape index (κ2) is 6.71. The molecular formula is C20H20N2O4. The van der Waals surface area contributed by atoms with Gasteiger partial charge >= 0.3 is 0 Å². The molecule has 0 unspecified atom stereocenters. The van der Waals surface area contributed by atoms with Gasteiger partial charge in [-0.15, -0.1) is 0 Å². The number of amides is 2. The number of hydrogen-bond donors (Lipinski definition) is 1. The van der Waals surface area contributed by atoms with Crippen molar-refractivity contribution in [2.24, 2.45) is 5.92 Å². The highest BCUT2D eigenvalue weighted by Crippen LogP contribution is 2.37. The number of carbonyl (C=O) groups is 2. The highest BCUT2D eigenvalue weighted by Gasteiger charge is 2.38. The number of nitrogens with one attached hydrogen (secondary N) is 1. The number of nitrogens with zero attached hydrogens (tertiary/aromatic N) is 1. The van der Waals surface area contributed by atoms with Crippen molar-refractivity contribution in [3.05, 3.63) is 54.1 Å². The van der Waals surface area contributed by atoms with E-state index in [1.165, 1.54) is 0 Å². The molecule has 2 heterocycles. The van der Waals surface area contributed by atoms with E-state index in [-0.39, 0.29) is 24.6 Å². The van der Waals surface area contributed by atoms with E-state index in [1.807, 2.05) is 43.3 Å². The van der Waals surface area contributed by atoms with Gasteiger partial charge in [-0.25, -0.2) is 0 Å². The molecule has 4 rings (SSSR count). The summed E-state index contributed by atoms with van der Waals surface area (Å²) >= 11 is 0. The van der Waals surface area contributed by atoms with Crippen LogP contribution in [-0.4, -0.2) is 25.2 Å². The molecule has 0 saturated carbocycles. The Morgan fingerprint density at radius 1 is 1.15 bits per heavy atom. The highest BCUT2D eigenvalue weighted by molar-refractivity contribution is 6.09. The number of ether oxygens (including phenoxy) is 2. The maximum absolute atomic E-state index is 12.8. The van der Waals surface area contributed by atoms with Crippen LogP contribution in [-0.2, 0) is 9.59 Å². The molecule has 1 fully saturated rings. The summed E-state index contributed by atoms with van der Waals surface area (Å²) in [5.74, 6) is 0.232. The Labute approximate surface area is 151 Å². The number of fused-ring (bicyclic) bond motifs is 1. The standard InChI is InChI=1S/C20H20N2O4/c1-13(14-5-3-2-4-6-14)21-19(23)16-9-10-22(20(16)24)15-7-8-17-18(11-15)26-12-25-17/h2-8,11,13,16H,9-10,12H2,1H3,(H,21,23)/t13-,16+/m0/s1. The van der Waals surface area contributed by atoms with Crippen LogP contribution in [0, 0.1) is 5.92 Å². The first-order valence-electron chi connectivity index (χ1n) is 8.70. The molecular weight excluding hydrogens is 332 g/mol. The van der Waals surface area contributed by atoms with Gasteiger partial charge in [-0.2, -0.15) is 0 Å². The maximum atomic E-state index is 12.8. The van der Waals surface area contributed by atoms with Crippen LogP contribution in [0.25, 0.3) is 0 Å². The molecule has 0 aliphatic carbocycles. The summed E-state index contributed by atoms with van der Waals surface area (Å²) < 4.78 is 10.7. The first-order chi connectivity index (χ1) is 12.6. The van der Waals surface area contributed by atoms with Gasteiger partial charge in [0.1, 0.15) is 5.92 Å². The molecule has 0 radical (unpaired) electrons. The topological polar surface area (TPSA) is 67.9 Å². The van der Waals surface area contributed by atoms with Crippen molar-refractivity contribution in [2.75, 3.05) is 18.2 Å². The molecule has 1 saturated heterocycles. The second-order valence-corrected chi connectivity index (χ2v) is 6.51. The van der Waals surface area contributed by atoms with E-state index >= 15 is 0 Å². The fourth-order valence-corrected chi connectivity index (χ4v) is 3.37. The molecule has 0 aromatic heterocycles. The zero-order chi connectivity index (χ0) is 18.1. The molecule has 134 valence electrons. The molecule has 2 amide bonds. The average molecular weight is 352 g/mol. The molecule has 0 spiro atoms. The Bertz CT molecular complexity index is 837. The predicted octanol–water partition coefficient (Wildman–Crippen LogP) is 2.65. The molecule has 0 bridgehead atoms. The number of hydrogen-bond acceptors (Lipinski definition) is 4. The van der Waals surface area contributed by atoms with Gasteiger partial charge in [0.25, 0.3) is 0 Å². The van der Waals surface area contributed by atoms with Crippen LogP contribution in [0.1, 0.15) is 24.9 Å². The van der Waals surface area contributed by atoms with Crippen molar-refractivity contribution >= 4 is 17.5 Å². The van der Waals surface area contributed by atoms with Gasteiger partial charge in [0.2, 0.25) is 18.6 Å². The Kier molecular flexibility index (Phi) is 4.24. The van der Waals surface area contributed by atoms with Gasteiger partial charge in [0.15, 0.2) is 11.5 Å². The largest absolute Gasteiger partial charge is 0.454 e. The second-order valence-electron chi connectivity index (χ2n) is 6.51. The molecule has 2 aliphatic heterocycles. The predicted molar refractivity (Wildman–Crippen MR) is 96.0 cm³/mol. The third-order valence-electron chi connectivity index (χ3n) is 4.85. The van der Waals surface area contributed by atoms with Crippen molar-refractivity contribution in [2.45, 2.75) is 19.4 Å². The lowest BCUT2D eigenvalue weighted by Crippen LogP contribution is -2.38. The summed E-state index contributed by atoms with van der Waals surface area (Å²) in [6, 6.07) is 15.0. The van der Waals surface area contributed by atoms with Crippen molar-refractivity contribution in [1.29, 1.82) is 0 Å². The fourth-order valence-electron chi connectivity index (χ4n) is 3.37. The maximum Gasteiger partial charge on any atom is 0.239 e. The van der Waals surface area contributed by atoms with Gasteiger partial charge in [-0.1, -0.05) is 30.3 Å². The summed E-state index contributed by atoms with van der Waals surface area (Å²) in [7, 11) is 0. The fraction of sp³-hybridized carbons (Fsp3) is 0.300. The van der Waals surface area contributed by atoms with E-state index in [0.717, 1.165) is 11.3 Å². The van der Waals surface area contributed by atoms with E-state index in [4.69, 9.17) is 9.47 Å². The normalized spacial score (nSPS) is 19.5. The smallest absolute Gasteiger partial charge is 0.239 e. The number of carbonyl (C=O) groups excluding carboxylic acids is 2. The lowest BCUT2D eigenvalue weighted by atomic mass is 10.0. The monoisotopic (exact) mass is 352 g/mol. The SMILES string of the molecule is C[C@H](NC(=O)[C@H]1CCN(c2ccc3c(c2)OCO3)C1=O)c1ccccc1. The first kappa shape index (κ1) is 16.4. The summed E-state index contributed by atoms with van der Waals surface area (Å²) in [5.41, 5.74) is 1.74. The Morgan fingerprint density at radius 3 is 2.73 bits per heavy atom. The molecule has 2 aromatic carbocycles. The average Bonchev–Trinajstić information content (AvgIpc) is 3.28. The van der Waals surface area contributed by atoms with Crippen LogP contribution >= 0.6 is 0 Å². The first-order valence-corrected chi connectivity index (χ1v) is 8.70. The lowest BCUT2D eigenvalue weighted by Gasteiger charge is -2.19. The number of rotatable bonds is 4. The van der Waals surface area contributed by atoms with Crippen molar-refractivity contribution < 1.29 is 19.1 Å². The molecule has 26 heavy (non-hydrogen) atoms. The third-order valence-corrected chi connectivity index (χ3v) is 4.85. The van der Waals surface area contributed by atoms with Crippen LogP contribution in [0.3, 0.4) is 0 Å². The van der Waals surface area contributed by atoms with Crippen molar-refractivity contribution in [3.8, 4) is 11.5 Å². The van der Waals surface area contributed by atoms with Crippen LogP contribution < -0.4 is 19.7 Å². The third kappa shape index (κ3) is 2.98. The minimum absolute atomic E-state index is 0.143. The van der Waals surface area contributed by atoms with Crippen molar-refractivity contribution in [3.63, 3.8) is 0 Å². The number of anilines is 1. The van der Waals surface area contributed by atoms with Crippen LogP contribution in [0.2, 0.25) is 0 Å². The van der Waals surface area contributed by atoms with Gasteiger partial charge in [-0.05, 0) is 31.0 Å². The molecule has 1 N–H and O–H groups in total. The Balaban J connectivity index is 1.44. The molecule has 6 heteroatoms. The quantitative estimate of drug-likeness (QED) is 0.859.